The zero-order chi connectivity index (χ0) is 15.6. The van der Waals surface area contributed by atoms with E-state index in [2.05, 4.69) is 32.9 Å². The molecule has 2 aromatic rings. The Hall–Kier alpha value is -2.29. The average molecular weight is 282 g/mol. The van der Waals surface area contributed by atoms with E-state index in [-0.39, 0.29) is 5.84 Å². The highest BCUT2D eigenvalue weighted by Gasteiger charge is 2.07. The van der Waals surface area contributed by atoms with Gasteiger partial charge in [-0.05, 0) is 56.0 Å². The van der Waals surface area contributed by atoms with Crippen molar-refractivity contribution >= 4 is 5.84 Å². The van der Waals surface area contributed by atoms with Crippen molar-refractivity contribution in [2.24, 2.45) is 5.73 Å². The molecule has 0 saturated heterocycles. The third kappa shape index (κ3) is 3.43. The number of hydrogen-bond acceptors (Lipinski definition) is 2. The first-order valence-corrected chi connectivity index (χ1v) is 7.03. The second kappa shape index (κ2) is 6.00. The van der Waals surface area contributed by atoms with E-state index >= 15 is 0 Å². The van der Waals surface area contributed by atoms with Crippen molar-refractivity contribution in [2.45, 2.75) is 34.3 Å². The first-order chi connectivity index (χ1) is 9.88. The molecule has 110 valence electrons. The van der Waals surface area contributed by atoms with Crippen LogP contribution in [-0.4, -0.2) is 5.84 Å². The minimum atomic E-state index is 0.0933. The standard InChI is InChI=1S/C18H22N2O/c1-11-7-13(3)17(14(4)8-11)21-10-16-6-5-15(18(19)20)9-12(16)2/h5-9H,10H2,1-4H3,(H3,19,20). The number of benzene rings is 2. The number of nitrogens with one attached hydrogen (secondary N) is 1. The van der Waals surface area contributed by atoms with E-state index in [1.165, 1.54) is 5.56 Å². The highest BCUT2D eigenvalue weighted by atomic mass is 16.5. The van der Waals surface area contributed by atoms with Gasteiger partial charge in [0, 0.05) is 5.56 Å². The fraction of sp³-hybridized carbons (Fsp3) is 0.278. The predicted molar refractivity (Wildman–Crippen MR) is 87.2 cm³/mol. The molecule has 0 saturated carbocycles. The first kappa shape index (κ1) is 15.1. The lowest BCUT2D eigenvalue weighted by Gasteiger charge is -2.14. The van der Waals surface area contributed by atoms with Gasteiger partial charge < -0.3 is 10.5 Å². The van der Waals surface area contributed by atoms with Gasteiger partial charge in [-0.2, -0.15) is 0 Å². The zero-order valence-corrected chi connectivity index (χ0v) is 13.1. The van der Waals surface area contributed by atoms with Crippen molar-refractivity contribution < 1.29 is 4.74 Å². The molecule has 3 nitrogen and oxygen atoms in total. The van der Waals surface area contributed by atoms with E-state index in [1.807, 2.05) is 25.1 Å². The second-order valence-electron chi connectivity index (χ2n) is 5.57. The Morgan fingerprint density at radius 1 is 1.00 bits per heavy atom. The summed E-state index contributed by atoms with van der Waals surface area (Å²) in [5.41, 5.74) is 12.0. The van der Waals surface area contributed by atoms with Crippen molar-refractivity contribution in [1.29, 1.82) is 5.41 Å². The third-order valence-corrected chi connectivity index (χ3v) is 3.63. The van der Waals surface area contributed by atoms with Gasteiger partial charge in [0.25, 0.3) is 0 Å². The van der Waals surface area contributed by atoms with Gasteiger partial charge in [-0.3, -0.25) is 5.41 Å². The molecule has 0 fully saturated rings. The number of rotatable bonds is 4. The quantitative estimate of drug-likeness (QED) is 0.662. The van der Waals surface area contributed by atoms with Gasteiger partial charge in [0.05, 0.1) is 0 Å². The second-order valence-corrected chi connectivity index (χ2v) is 5.57. The Morgan fingerprint density at radius 2 is 1.62 bits per heavy atom. The van der Waals surface area contributed by atoms with E-state index in [9.17, 15) is 0 Å². The molecular formula is C18H22N2O. The van der Waals surface area contributed by atoms with E-state index in [0.717, 1.165) is 33.6 Å². The Labute approximate surface area is 126 Å². The lowest BCUT2D eigenvalue weighted by atomic mass is 10.0. The smallest absolute Gasteiger partial charge is 0.125 e. The number of nitrogens with two attached hydrogens (primary N) is 1. The van der Waals surface area contributed by atoms with Crippen LogP contribution in [0.15, 0.2) is 30.3 Å². The van der Waals surface area contributed by atoms with E-state index in [0.29, 0.717) is 6.61 Å². The molecule has 2 aromatic carbocycles. The van der Waals surface area contributed by atoms with E-state index in [1.54, 1.807) is 0 Å². The Morgan fingerprint density at radius 3 is 2.14 bits per heavy atom. The van der Waals surface area contributed by atoms with E-state index < -0.39 is 0 Å². The maximum Gasteiger partial charge on any atom is 0.125 e. The summed E-state index contributed by atoms with van der Waals surface area (Å²) in [6.07, 6.45) is 0. The monoisotopic (exact) mass is 282 g/mol. The first-order valence-electron chi connectivity index (χ1n) is 7.03. The van der Waals surface area contributed by atoms with Crippen molar-refractivity contribution in [3.63, 3.8) is 0 Å². The molecule has 0 aliphatic rings. The van der Waals surface area contributed by atoms with Gasteiger partial charge in [-0.1, -0.05) is 29.8 Å². The Balaban J connectivity index is 2.19. The van der Waals surface area contributed by atoms with Gasteiger partial charge in [0.2, 0.25) is 0 Å². The van der Waals surface area contributed by atoms with Crippen LogP contribution < -0.4 is 10.5 Å². The van der Waals surface area contributed by atoms with Gasteiger partial charge >= 0.3 is 0 Å². The van der Waals surface area contributed by atoms with Gasteiger partial charge in [-0.25, -0.2) is 0 Å². The van der Waals surface area contributed by atoms with Gasteiger partial charge in [0.15, 0.2) is 0 Å². The van der Waals surface area contributed by atoms with Crippen LogP contribution in [0, 0.1) is 33.1 Å². The normalized spacial score (nSPS) is 10.5. The van der Waals surface area contributed by atoms with Crippen LogP contribution >= 0.6 is 0 Å². The van der Waals surface area contributed by atoms with Crippen LogP contribution in [0.4, 0.5) is 0 Å². The summed E-state index contributed by atoms with van der Waals surface area (Å²) >= 11 is 0. The Bertz CT molecular complexity index is 667. The number of nitrogen functional groups attached to an aromatic ring is 1. The van der Waals surface area contributed by atoms with Crippen LogP contribution in [0.5, 0.6) is 5.75 Å². The summed E-state index contributed by atoms with van der Waals surface area (Å²) in [6, 6.07) is 10.0. The summed E-state index contributed by atoms with van der Waals surface area (Å²) in [7, 11) is 0. The maximum absolute atomic E-state index is 7.46. The van der Waals surface area contributed by atoms with Crippen LogP contribution in [0.2, 0.25) is 0 Å². The molecule has 0 aromatic heterocycles. The number of hydrogen-bond donors (Lipinski definition) is 2. The molecule has 0 amide bonds. The summed E-state index contributed by atoms with van der Waals surface area (Å²) in [5, 5.41) is 7.46. The number of aryl methyl sites for hydroxylation is 4. The average Bonchev–Trinajstić information content (AvgIpc) is 2.38. The zero-order valence-electron chi connectivity index (χ0n) is 13.1. The third-order valence-electron chi connectivity index (χ3n) is 3.63. The Kier molecular flexibility index (Phi) is 4.32. The summed E-state index contributed by atoms with van der Waals surface area (Å²) < 4.78 is 6.00. The minimum absolute atomic E-state index is 0.0933. The van der Waals surface area contributed by atoms with Gasteiger partial charge in [0.1, 0.15) is 18.2 Å². The minimum Gasteiger partial charge on any atom is -0.488 e. The molecule has 3 N–H and O–H groups in total. The molecule has 0 spiro atoms. The largest absolute Gasteiger partial charge is 0.488 e. The van der Waals surface area contributed by atoms with Gasteiger partial charge in [-0.15, -0.1) is 0 Å². The summed E-state index contributed by atoms with van der Waals surface area (Å²) in [6.45, 7) is 8.77. The SMILES string of the molecule is Cc1cc(C)c(OCc2ccc(C(=N)N)cc2C)c(C)c1. The number of amidine groups is 1. The van der Waals surface area contributed by atoms with Crippen LogP contribution in [0.1, 0.15) is 33.4 Å². The molecule has 0 radical (unpaired) electrons. The summed E-state index contributed by atoms with van der Waals surface area (Å²) in [5.74, 6) is 1.05. The van der Waals surface area contributed by atoms with Crippen molar-refractivity contribution in [3.05, 3.63) is 63.7 Å². The molecule has 0 aliphatic heterocycles. The lowest BCUT2D eigenvalue weighted by molar-refractivity contribution is 0.301. The highest BCUT2D eigenvalue weighted by molar-refractivity contribution is 5.95. The van der Waals surface area contributed by atoms with E-state index in [4.69, 9.17) is 15.9 Å². The molecule has 0 unspecified atom stereocenters. The number of ether oxygens (including phenoxy) is 1. The molecule has 0 bridgehead atoms. The molecule has 0 heterocycles. The lowest BCUT2D eigenvalue weighted by Crippen LogP contribution is -2.11. The summed E-state index contributed by atoms with van der Waals surface area (Å²) in [4.78, 5) is 0. The van der Waals surface area contributed by atoms with Crippen molar-refractivity contribution in [3.8, 4) is 5.75 Å². The van der Waals surface area contributed by atoms with Crippen molar-refractivity contribution in [1.82, 2.24) is 0 Å². The van der Waals surface area contributed by atoms with Crippen molar-refractivity contribution in [2.75, 3.05) is 0 Å². The topological polar surface area (TPSA) is 59.1 Å². The van der Waals surface area contributed by atoms with Crippen LogP contribution in [-0.2, 0) is 6.61 Å². The molecule has 3 heteroatoms. The predicted octanol–water partition coefficient (Wildman–Crippen LogP) is 3.78. The molecule has 21 heavy (non-hydrogen) atoms. The molecular weight excluding hydrogens is 260 g/mol. The maximum atomic E-state index is 7.46. The fourth-order valence-electron chi connectivity index (χ4n) is 2.57. The highest BCUT2D eigenvalue weighted by Crippen LogP contribution is 2.26. The van der Waals surface area contributed by atoms with Crippen LogP contribution in [0.25, 0.3) is 0 Å². The molecule has 0 atom stereocenters. The van der Waals surface area contributed by atoms with Crippen LogP contribution in [0.3, 0.4) is 0 Å². The molecule has 0 aliphatic carbocycles. The molecule has 2 rings (SSSR count). The fourth-order valence-corrected chi connectivity index (χ4v) is 2.57.